The number of benzene rings is 1. The number of para-hydroxylation sites is 2. The summed E-state index contributed by atoms with van der Waals surface area (Å²) in [6, 6.07) is 7.14. The molecule has 0 bridgehead atoms. The lowest BCUT2D eigenvalue weighted by Gasteiger charge is -2.40. The maximum absolute atomic E-state index is 13.7. The Bertz CT molecular complexity index is 1140. The summed E-state index contributed by atoms with van der Waals surface area (Å²) in [5.74, 6) is 1.30. The molecule has 0 unspecified atom stereocenters. The van der Waals surface area contributed by atoms with E-state index < -0.39 is 5.54 Å². The number of amides is 3. The lowest BCUT2D eigenvalue weighted by atomic mass is 9.75. The molecule has 4 heterocycles. The molecule has 1 aromatic carbocycles. The van der Waals surface area contributed by atoms with Crippen molar-refractivity contribution in [2.24, 2.45) is 5.92 Å². The third-order valence-corrected chi connectivity index (χ3v) is 8.21. The van der Waals surface area contributed by atoms with Crippen molar-refractivity contribution in [2.45, 2.75) is 71.7 Å². The van der Waals surface area contributed by atoms with Crippen LogP contribution in [0.5, 0.6) is 11.5 Å². The first kappa shape index (κ1) is 24.6. The van der Waals surface area contributed by atoms with Crippen LogP contribution in [0.1, 0.15) is 50.1 Å². The zero-order valence-electron chi connectivity index (χ0n) is 21.7. The van der Waals surface area contributed by atoms with Crippen molar-refractivity contribution in [3.63, 3.8) is 0 Å². The van der Waals surface area contributed by atoms with E-state index in [0.29, 0.717) is 24.5 Å². The highest BCUT2D eigenvalue weighted by molar-refractivity contribution is 6.07. The number of urea groups is 1. The monoisotopic (exact) mass is 495 g/mol. The van der Waals surface area contributed by atoms with Crippen molar-refractivity contribution < 1.29 is 19.1 Å². The first-order valence-corrected chi connectivity index (χ1v) is 13.1. The number of carbonyl (C=O) groups is 2. The van der Waals surface area contributed by atoms with Gasteiger partial charge in [0.15, 0.2) is 17.6 Å². The van der Waals surface area contributed by atoms with Crippen molar-refractivity contribution in [2.75, 3.05) is 26.2 Å². The molecule has 194 valence electrons. The van der Waals surface area contributed by atoms with Crippen LogP contribution in [0.2, 0.25) is 0 Å². The molecule has 2 atom stereocenters. The summed E-state index contributed by atoms with van der Waals surface area (Å²) in [7, 11) is 0. The summed E-state index contributed by atoms with van der Waals surface area (Å²) >= 11 is 0. The van der Waals surface area contributed by atoms with Crippen LogP contribution in [-0.4, -0.2) is 69.4 Å². The molecule has 1 N–H and O–H groups in total. The van der Waals surface area contributed by atoms with Crippen molar-refractivity contribution in [3.05, 3.63) is 41.2 Å². The van der Waals surface area contributed by atoms with Gasteiger partial charge in [0.2, 0.25) is 0 Å². The van der Waals surface area contributed by atoms with Crippen LogP contribution in [0.3, 0.4) is 0 Å². The fraction of sp³-hybridized carbons (Fsp3) is 0.593. The number of ether oxygens (including phenoxy) is 2. The van der Waals surface area contributed by atoms with Gasteiger partial charge in [-0.1, -0.05) is 19.1 Å². The predicted molar refractivity (Wildman–Crippen MR) is 135 cm³/mol. The molecule has 0 saturated carbocycles. The van der Waals surface area contributed by atoms with E-state index in [1.54, 1.807) is 0 Å². The molecule has 0 aliphatic carbocycles. The number of aromatic nitrogens is 2. The molecule has 9 heteroatoms. The van der Waals surface area contributed by atoms with Gasteiger partial charge < -0.3 is 14.8 Å². The summed E-state index contributed by atoms with van der Waals surface area (Å²) in [6.45, 7) is 12.3. The minimum absolute atomic E-state index is 0.102. The second-order valence-electron chi connectivity index (χ2n) is 10.2. The average molecular weight is 496 g/mol. The number of nitrogens with zero attached hydrogens (tertiary/aromatic N) is 4. The summed E-state index contributed by atoms with van der Waals surface area (Å²) in [6.07, 6.45) is 1.92. The summed E-state index contributed by atoms with van der Waals surface area (Å²) in [5, 5.41) is 7.75. The molecule has 3 amide bonds. The second kappa shape index (κ2) is 9.76. The van der Waals surface area contributed by atoms with Gasteiger partial charge in [0.05, 0.1) is 12.2 Å². The minimum Gasteiger partial charge on any atom is -0.486 e. The van der Waals surface area contributed by atoms with Gasteiger partial charge in [-0.3, -0.25) is 19.3 Å². The fourth-order valence-electron chi connectivity index (χ4n) is 6.05. The number of carbonyl (C=O) groups excluding carboxylic acids is 2. The summed E-state index contributed by atoms with van der Waals surface area (Å²) in [4.78, 5) is 30.5. The number of hydrogen-bond donors (Lipinski definition) is 1. The molecule has 5 rings (SSSR count). The number of likely N-dealkylation sites (tertiary alicyclic amines) is 1. The quantitative estimate of drug-likeness (QED) is 0.593. The van der Waals surface area contributed by atoms with Gasteiger partial charge in [-0.05, 0) is 71.2 Å². The van der Waals surface area contributed by atoms with E-state index in [2.05, 4.69) is 40.8 Å². The molecule has 3 aliphatic rings. The lowest BCUT2D eigenvalue weighted by Crippen LogP contribution is -2.56. The van der Waals surface area contributed by atoms with Crippen molar-refractivity contribution in [3.8, 4) is 11.5 Å². The number of fused-ring (bicyclic) bond motifs is 1. The van der Waals surface area contributed by atoms with Crippen LogP contribution in [0.25, 0.3) is 0 Å². The van der Waals surface area contributed by atoms with Gasteiger partial charge >= 0.3 is 6.03 Å². The number of imide groups is 1. The molecule has 2 saturated heterocycles. The van der Waals surface area contributed by atoms with E-state index in [1.807, 2.05) is 31.2 Å². The number of hydrogen-bond acceptors (Lipinski definition) is 6. The fourth-order valence-corrected chi connectivity index (χ4v) is 6.05. The molecular formula is C27H37N5O4. The largest absolute Gasteiger partial charge is 0.486 e. The zero-order valence-corrected chi connectivity index (χ0v) is 21.7. The second-order valence-corrected chi connectivity index (χ2v) is 10.2. The molecule has 0 spiro atoms. The smallest absolute Gasteiger partial charge is 0.325 e. The van der Waals surface area contributed by atoms with Gasteiger partial charge in [-0.25, -0.2) is 4.79 Å². The van der Waals surface area contributed by atoms with Crippen LogP contribution in [0, 0.1) is 19.8 Å². The van der Waals surface area contributed by atoms with Gasteiger partial charge in [0, 0.05) is 24.3 Å². The minimum atomic E-state index is -0.852. The van der Waals surface area contributed by atoms with Crippen LogP contribution in [0.4, 0.5) is 4.79 Å². The van der Waals surface area contributed by atoms with E-state index in [9.17, 15) is 9.59 Å². The Morgan fingerprint density at radius 3 is 2.50 bits per heavy atom. The predicted octanol–water partition coefficient (Wildman–Crippen LogP) is 3.27. The molecule has 2 fully saturated rings. The standard InChI is InChI=1S/C27H37N5O4/c1-5-27(20-11-13-30(14-12-20)16-22-18(3)29-32(6-2)19(22)4)25(33)31(26(34)28-27)15-21-17-35-23-9-7-8-10-24(23)36-21/h7-10,20-21H,5-6,11-17H2,1-4H3,(H,28,34)/t21-,27+/m0/s1. The van der Waals surface area contributed by atoms with E-state index in [1.165, 1.54) is 16.2 Å². The molecular weight excluding hydrogens is 458 g/mol. The summed E-state index contributed by atoms with van der Waals surface area (Å²) in [5.41, 5.74) is 2.77. The van der Waals surface area contributed by atoms with E-state index >= 15 is 0 Å². The highest BCUT2D eigenvalue weighted by Crippen LogP contribution is 2.37. The Balaban J connectivity index is 1.23. The normalized spacial score (nSPS) is 24.9. The molecule has 36 heavy (non-hydrogen) atoms. The topological polar surface area (TPSA) is 88.9 Å². The number of piperidine rings is 1. The maximum atomic E-state index is 13.7. The molecule has 9 nitrogen and oxygen atoms in total. The lowest BCUT2D eigenvalue weighted by molar-refractivity contribution is -0.135. The van der Waals surface area contributed by atoms with E-state index in [-0.39, 0.29) is 30.5 Å². The highest BCUT2D eigenvalue weighted by Gasteiger charge is 2.55. The average Bonchev–Trinajstić information content (AvgIpc) is 3.31. The van der Waals surface area contributed by atoms with E-state index in [0.717, 1.165) is 44.7 Å². The van der Waals surface area contributed by atoms with Gasteiger partial charge in [-0.15, -0.1) is 0 Å². The summed E-state index contributed by atoms with van der Waals surface area (Å²) < 4.78 is 13.9. The zero-order chi connectivity index (χ0) is 25.4. The first-order valence-electron chi connectivity index (χ1n) is 13.1. The molecule has 2 aromatic rings. The number of rotatable bonds is 7. The van der Waals surface area contributed by atoms with Crippen molar-refractivity contribution in [1.29, 1.82) is 0 Å². The number of nitrogens with one attached hydrogen (secondary N) is 1. The Labute approximate surface area is 212 Å². The third kappa shape index (κ3) is 4.23. The first-order chi connectivity index (χ1) is 17.4. The SMILES string of the molecule is CCn1nc(C)c(CN2CCC([C@@]3(CC)NC(=O)N(C[C@H]4COc5ccccc5O4)C3=O)CC2)c1C. The molecule has 3 aliphatic heterocycles. The Morgan fingerprint density at radius 1 is 1.11 bits per heavy atom. The third-order valence-electron chi connectivity index (χ3n) is 8.21. The van der Waals surface area contributed by atoms with Gasteiger partial charge in [0.25, 0.3) is 5.91 Å². The Kier molecular flexibility index (Phi) is 6.68. The molecule has 1 aromatic heterocycles. The van der Waals surface area contributed by atoms with Gasteiger partial charge in [0.1, 0.15) is 12.1 Å². The Morgan fingerprint density at radius 2 is 1.83 bits per heavy atom. The van der Waals surface area contributed by atoms with E-state index in [4.69, 9.17) is 9.47 Å². The van der Waals surface area contributed by atoms with Crippen LogP contribution < -0.4 is 14.8 Å². The Hall–Kier alpha value is -3.07. The number of aryl methyl sites for hydroxylation is 2. The van der Waals surface area contributed by atoms with Gasteiger partial charge in [-0.2, -0.15) is 5.10 Å². The van der Waals surface area contributed by atoms with Crippen LogP contribution >= 0.6 is 0 Å². The molecule has 0 radical (unpaired) electrons. The van der Waals surface area contributed by atoms with Crippen LogP contribution in [0.15, 0.2) is 24.3 Å². The van der Waals surface area contributed by atoms with Crippen molar-refractivity contribution >= 4 is 11.9 Å². The van der Waals surface area contributed by atoms with Crippen molar-refractivity contribution in [1.82, 2.24) is 24.9 Å². The highest BCUT2D eigenvalue weighted by atomic mass is 16.6. The van der Waals surface area contributed by atoms with Crippen LogP contribution in [-0.2, 0) is 17.9 Å². The maximum Gasteiger partial charge on any atom is 0.325 e.